The molecule has 7 heteroatoms. The average Bonchev–Trinajstić information content (AvgIpc) is 3.36. The van der Waals surface area contributed by atoms with Gasteiger partial charge in [0.25, 0.3) is 5.91 Å². The highest BCUT2D eigenvalue weighted by atomic mass is 35.5. The number of likely N-dealkylation sites (tertiary alicyclic amines) is 1. The molecule has 1 aromatic heterocycles. The molecule has 0 bridgehead atoms. The summed E-state index contributed by atoms with van der Waals surface area (Å²) in [4.78, 5) is 24.0. The fourth-order valence-corrected chi connectivity index (χ4v) is 4.93. The van der Waals surface area contributed by atoms with Crippen LogP contribution in [0, 0.1) is 0 Å². The van der Waals surface area contributed by atoms with Gasteiger partial charge in [0.15, 0.2) is 11.5 Å². The van der Waals surface area contributed by atoms with Crippen LogP contribution >= 0.6 is 11.6 Å². The maximum absolute atomic E-state index is 13.1. The normalized spacial score (nSPS) is 15.9. The number of benzene rings is 1. The molecule has 6 nitrogen and oxygen atoms in total. The molecule has 218 valence electrons. The number of anilines is 1. The quantitative estimate of drug-likeness (QED) is 0.245. The monoisotopic (exact) mass is 565 g/mol. The van der Waals surface area contributed by atoms with Crippen LogP contribution in [0.3, 0.4) is 0 Å². The zero-order valence-electron chi connectivity index (χ0n) is 25.3. The van der Waals surface area contributed by atoms with Crippen molar-refractivity contribution < 1.29 is 4.79 Å². The lowest BCUT2D eigenvalue weighted by molar-refractivity contribution is 0.0815. The largest absolute Gasteiger partial charge is 0.322 e. The number of allylic oxidation sites excluding steroid dienone is 4. The van der Waals surface area contributed by atoms with Gasteiger partial charge in [-0.15, -0.1) is 13.2 Å². The molecule has 0 saturated carbocycles. The van der Waals surface area contributed by atoms with Gasteiger partial charge in [-0.25, -0.2) is 4.98 Å². The molecule has 2 aliphatic rings. The van der Waals surface area contributed by atoms with Crippen molar-refractivity contribution in [2.24, 2.45) is 0 Å². The molecule has 0 atom stereocenters. The van der Waals surface area contributed by atoms with Gasteiger partial charge in [-0.3, -0.25) is 9.69 Å². The van der Waals surface area contributed by atoms with Gasteiger partial charge >= 0.3 is 0 Å². The molecular weight excluding hydrogens is 518 g/mol. The van der Waals surface area contributed by atoms with Gasteiger partial charge in [0, 0.05) is 32.1 Å². The molecule has 0 unspecified atom stereocenters. The van der Waals surface area contributed by atoms with Crippen molar-refractivity contribution in [2.75, 3.05) is 38.6 Å². The van der Waals surface area contributed by atoms with E-state index >= 15 is 0 Å². The molecule has 0 N–H and O–H groups in total. The minimum atomic E-state index is -0.0749. The Labute approximate surface area is 247 Å². The second-order valence-electron chi connectivity index (χ2n) is 9.91. The van der Waals surface area contributed by atoms with Crippen LogP contribution in [0.25, 0.3) is 0 Å². The molecule has 40 heavy (non-hydrogen) atoms. The second-order valence-corrected chi connectivity index (χ2v) is 10.4. The number of aromatic nitrogens is 2. The molecule has 0 spiro atoms. The van der Waals surface area contributed by atoms with Crippen molar-refractivity contribution in [3.8, 4) is 0 Å². The molecule has 0 aliphatic carbocycles. The zero-order chi connectivity index (χ0) is 29.7. The summed E-state index contributed by atoms with van der Waals surface area (Å²) in [5, 5.41) is 0.719. The Bertz CT molecular complexity index is 1160. The topological polar surface area (TPSA) is 44.6 Å². The Kier molecular flexibility index (Phi) is 14.0. The van der Waals surface area contributed by atoms with Crippen molar-refractivity contribution in [1.29, 1.82) is 0 Å². The molecule has 1 saturated heterocycles. The van der Waals surface area contributed by atoms with Crippen LogP contribution in [0.4, 0.5) is 5.82 Å². The molecular formula is C33H48ClN5O. The smallest absolute Gasteiger partial charge is 0.279 e. The Morgan fingerprint density at radius 1 is 1.05 bits per heavy atom. The van der Waals surface area contributed by atoms with Crippen LogP contribution in [0.1, 0.15) is 68.3 Å². The van der Waals surface area contributed by atoms with Gasteiger partial charge in [-0.05, 0) is 75.5 Å². The number of fused-ring (bicyclic) bond motifs is 1. The first-order valence-corrected chi connectivity index (χ1v) is 14.8. The van der Waals surface area contributed by atoms with E-state index in [1.165, 1.54) is 50.0 Å². The van der Waals surface area contributed by atoms with E-state index in [1.54, 1.807) is 11.9 Å². The Morgan fingerprint density at radius 2 is 1.70 bits per heavy atom. The molecule has 2 aliphatic heterocycles. The third-order valence-corrected chi connectivity index (χ3v) is 7.61. The summed E-state index contributed by atoms with van der Waals surface area (Å²) in [7, 11) is 3.65. The number of imidazole rings is 1. The zero-order valence-corrected chi connectivity index (χ0v) is 26.0. The van der Waals surface area contributed by atoms with Gasteiger partial charge in [0.05, 0.1) is 0 Å². The number of aryl methyl sites for hydroxylation is 1. The lowest BCUT2D eigenvalue weighted by atomic mass is 10.1. The van der Waals surface area contributed by atoms with E-state index in [0.29, 0.717) is 30.3 Å². The van der Waals surface area contributed by atoms with Crippen LogP contribution in [0.15, 0.2) is 73.6 Å². The summed E-state index contributed by atoms with van der Waals surface area (Å²) in [5.41, 5.74) is 2.96. The van der Waals surface area contributed by atoms with E-state index < -0.39 is 0 Å². The number of rotatable bonds is 8. The number of carbonyl (C=O) groups is 1. The summed E-state index contributed by atoms with van der Waals surface area (Å²) in [6, 6.07) is 7.83. The van der Waals surface area contributed by atoms with E-state index in [0.717, 1.165) is 23.7 Å². The molecule has 0 radical (unpaired) electrons. The summed E-state index contributed by atoms with van der Waals surface area (Å²) in [6.45, 7) is 21.0. The van der Waals surface area contributed by atoms with Crippen molar-refractivity contribution in [1.82, 2.24) is 19.4 Å². The fourth-order valence-electron chi connectivity index (χ4n) is 4.81. The van der Waals surface area contributed by atoms with Crippen LogP contribution in [-0.2, 0) is 19.4 Å². The fraction of sp³-hybridized carbons (Fsp3) is 0.455. The van der Waals surface area contributed by atoms with Gasteiger partial charge < -0.3 is 14.4 Å². The average molecular weight is 566 g/mol. The van der Waals surface area contributed by atoms with Crippen LogP contribution in [0.5, 0.6) is 0 Å². The first kappa shape index (κ1) is 33.1. The summed E-state index contributed by atoms with van der Waals surface area (Å²) >= 11 is 6.02. The van der Waals surface area contributed by atoms with Crippen molar-refractivity contribution >= 4 is 23.3 Å². The van der Waals surface area contributed by atoms with E-state index in [1.807, 2.05) is 43.1 Å². The van der Waals surface area contributed by atoms with E-state index in [4.69, 9.17) is 16.6 Å². The van der Waals surface area contributed by atoms with Crippen molar-refractivity contribution in [3.05, 3.63) is 95.7 Å². The van der Waals surface area contributed by atoms with Crippen LogP contribution in [0.2, 0.25) is 5.02 Å². The highest BCUT2D eigenvalue weighted by molar-refractivity contribution is 6.30. The Morgan fingerprint density at radius 3 is 2.25 bits per heavy atom. The number of piperidine rings is 1. The number of hydrogen-bond acceptors (Lipinski definition) is 4. The molecule has 3 heterocycles. The van der Waals surface area contributed by atoms with Gasteiger partial charge in [-0.2, -0.15) is 0 Å². The minimum Gasteiger partial charge on any atom is -0.322 e. The van der Waals surface area contributed by atoms with Crippen LogP contribution < -0.4 is 4.90 Å². The summed E-state index contributed by atoms with van der Waals surface area (Å²) in [6.07, 6.45) is 13.1. The molecule has 2 aromatic rings. The molecule has 1 amide bonds. The highest BCUT2D eigenvalue weighted by Crippen LogP contribution is 2.32. The highest BCUT2D eigenvalue weighted by Gasteiger charge is 2.34. The lowest BCUT2D eigenvalue weighted by Gasteiger charge is -2.33. The third-order valence-electron chi connectivity index (χ3n) is 7.36. The van der Waals surface area contributed by atoms with Gasteiger partial charge in [0.1, 0.15) is 11.6 Å². The van der Waals surface area contributed by atoms with E-state index in [2.05, 4.69) is 61.3 Å². The Balaban J connectivity index is 0.000000475. The third kappa shape index (κ3) is 8.70. The van der Waals surface area contributed by atoms with Gasteiger partial charge in [0.2, 0.25) is 0 Å². The predicted molar refractivity (Wildman–Crippen MR) is 171 cm³/mol. The van der Waals surface area contributed by atoms with E-state index in [-0.39, 0.29) is 5.91 Å². The van der Waals surface area contributed by atoms with Crippen molar-refractivity contribution in [3.63, 3.8) is 0 Å². The molecule has 1 fully saturated rings. The van der Waals surface area contributed by atoms with Gasteiger partial charge in [-0.1, -0.05) is 68.8 Å². The first-order chi connectivity index (χ1) is 19.3. The predicted octanol–water partition coefficient (Wildman–Crippen LogP) is 7.52. The number of hydrogen-bond donors (Lipinski definition) is 0. The second kappa shape index (κ2) is 16.9. The number of nitrogens with zero attached hydrogens (tertiary/aromatic N) is 5. The number of halogens is 1. The standard InChI is InChI=1S/C24H29ClN4O.C7H15N.C2H4/c1-6-8-9-18(7-2)16-21-26-23-22(24(30)28(5)17(3)27(23)4)29(21)15-14-19-10-12-20(25)13-11-19;1-2-8-6-4-3-5-7-8;1-2/h7-13H,3,6,14-16H2,1-2,4-5H3;2-7H2,1H3;1-2H2/b9-8-,18-7+;;. The maximum Gasteiger partial charge on any atom is 0.279 e. The lowest BCUT2D eigenvalue weighted by Crippen LogP contribution is -2.41. The number of amides is 1. The SMILES string of the molecule is C=C.C=C1N(C)C(=O)c2c(nc(CC(/C=C\CC)=C/C)n2CCc2ccc(Cl)cc2)N1C.CCN1CCCCC1. The minimum absolute atomic E-state index is 0.0749. The number of carbonyl (C=O) groups excluding carboxylic acids is 1. The Hall–Kier alpha value is -3.09. The first-order valence-electron chi connectivity index (χ1n) is 14.4. The molecule has 4 rings (SSSR count). The van der Waals surface area contributed by atoms with Crippen molar-refractivity contribution in [2.45, 2.75) is 65.8 Å². The van der Waals surface area contributed by atoms with Crippen LogP contribution in [-0.4, -0.2) is 59.0 Å². The van der Waals surface area contributed by atoms with E-state index in [9.17, 15) is 4.79 Å². The summed E-state index contributed by atoms with van der Waals surface area (Å²) < 4.78 is 2.06. The maximum atomic E-state index is 13.1. The summed E-state index contributed by atoms with van der Waals surface area (Å²) in [5.74, 6) is 2.10. The molecule has 1 aromatic carbocycles.